The molecule has 0 N–H and O–H groups in total. The third-order valence-corrected chi connectivity index (χ3v) is 8.45. The van der Waals surface area contributed by atoms with Crippen molar-refractivity contribution < 1.29 is 15.7 Å². The molecule has 23 heavy (non-hydrogen) atoms. The number of rotatable bonds is 12. The molecule has 0 aliphatic carbocycles. The number of carbonyl (C=O) groups excluding carboxylic acids is 2. The summed E-state index contributed by atoms with van der Waals surface area (Å²) in [6.07, 6.45) is 5.53. The molecule has 136 valence electrons. The van der Waals surface area contributed by atoms with Crippen LogP contribution in [0.2, 0.25) is 9.88 Å². The van der Waals surface area contributed by atoms with Crippen molar-refractivity contribution in [2.24, 2.45) is 11.8 Å². The van der Waals surface area contributed by atoms with Gasteiger partial charge in [-0.05, 0) is 0 Å². The molecule has 0 spiro atoms. The van der Waals surface area contributed by atoms with E-state index in [1.165, 1.54) is 0 Å². The third kappa shape index (κ3) is 10.1. The van der Waals surface area contributed by atoms with Crippen molar-refractivity contribution >= 4 is 56.4 Å². The first-order chi connectivity index (χ1) is 10.8. The Kier molecular flexibility index (Phi) is 13.0. The van der Waals surface area contributed by atoms with Crippen molar-refractivity contribution in [1.29, 1.82) is 0 Å². The van der Waals surface area contributed by atoms with E-state index in [-0.39, 0.29) is 23.8 Å². The minimum atomic E-state index is -3.63. The van der Waals surface area contributed by atoms with E-state index in [2.05, 4.69) is 39.1 Å². The van der Waals surface area contributed by atoms with Crippen molar-refractivity contribution in [2.75, 3.05) is 11.5 Å². The molecule has 0 aliphatic rings. The van der Waals surface area contributed by atoms with E-state index in [4.69, 9.17) is 6.15 Å². The topological polar surface area (TPSA) is 52.6 Å². The van der Waals surface area contributed by atoms with Crippen LogP contribution in [0.15, 0.2) is 0 Å². The molecule has 0 aromatic carbocycles. The van der Waals surface area contributed by atoms with Crippen molar-refractivity contribution in [3.8, 4) is 0 Å². The Bertz CT molecular complexity index is 332. The van der Waals surface area contributed by atoms with Crippen LogP contribution in [0.25, 0.3) is 0 Å². The molecule has 0 amide bonds. The maximum absolute atomic E-state index is 12.3. The average Bonchev–Trinajstić information content (AvgIpc) is 2.47. The van der Waals surface area contributed by atoms with Gasteiger partial charge in [0, 0.05) is 0 Å². The molecular formula is C16H32O4S2Sn. The van der Waals surface area contributed by atoms with Gasteiger partial charge < -0.3 is 0 Å². The van der Waals surface area contributed by atoms with E-state index in [9.17, 15) is 9.59 Å². The monoisotopic (exact) mass is 472 g/mol. The summed E-state index contributed by atoms with van der Waals surface area (Å²) < 4.78 is 11.2. The van der Waals surface area contributed by atoms with Crippen LogP contribution in [-0.2, 0) is 15.7 Å². The van der Waals surface area contributed by atoms with E-state index in [0.717, 1.165) is 38.5 Å². The van der Waals surface area contributed by atoms with Gasteiger partial charge in [0.25, 0.3) is 0 Å². The molecular weight excluding hydrogens is 439 g/mol. The van der Waals surface area contributed by atoms with E-state index in [0.29, 0.717) is 11.5 Å². The summed E-state index contributed by atoms with van der Waals surface area (Å²) in [6.45, 7) is 4.17. The summed E-state index contributed by atoms with van der Waals surface area (Å²) in [6, 6.07) is 0. The molecule has 2 unspecified atom stereocenters. The van der Waals surface area contributed by atoms with Crippen LogP contribution in [0.1, 0.15) is 52.4 Å². The normalized spacial score (nSPS) is 14.2. The zero-order valence-corrected chi connectivity index (χ0v) is 19.5. The Morgan fingerprint density at radius 3 is 1.48 bits per heavy atom. The quantitative estimate of drug-likeness (QED) is 0.330. The second-order valence-electron chi connectivity index (χ2n) is 6.29. The van der Waals surface area contributed by atoms with Crippen LogP contribution in [-0.4, -0.2) is 42.6 Å². The van der Waals surface area contributed by atoms with E-state index in [1.807, 2.05) is 0 Å². The van der Waals surface area contributed by atoms with E-state index >= 15 is 0 Å². The van der Waals surface area contributed by atoms with E-state index in [1.54, 1.807) is 9.88 Å². The van der Waals surface area contributed by atoms with Crippen molar-refractivity contribution in [1.82, 2.24) is 0 Å². The Balaban J connectivity index is 4.60. The summed E-state index contributed by atoms with van der Waals surface area (Å²) in [5, 5.41) is 0. The molecule has 0 aromatic rings. The zero-order chi connectivity index (χ0) is 17.9. The Morgan fingerprint density at radius 2 is 1.22 bits per heavy atom. The predicted molar refractivity (Wildman–Crippen MR) is 103 cm³/mol. The van der Waals surface area contributed by atoms with Gasteiger partial charge in [-0.3, -0.25) is 0 Å². The second-order valence-corrected chi connectivity index (χ2v) is 16.2. The Hall–Kier alpha value is 0.439. The molecule has 0 bridgehead atoms. The van der Waals surface area contributed by atoms with Crippen LogP contribution in [0.5, 0.6) is 0 Å². The fourth-order valence-electron chi connectivity index (χ4n) is 2.14. The van der Waals surface area contributed by atoms with Crippen molar-refractivity contribution in [3.05, 3.63) is 0 Å². The predicted octanol–water partition coefficient (Wildman–Crippen LogP) is 4.25. The van der Waals surface area contributed by atoms with Crippen molar-refractivity contribution in [3.63, 3.8) is 0 Å². The first-order valence-electron chi connectivity index (χ1n) is 8.48. The molecule has 2 atom stereocenters. The van der Waals surface area contributed by atoms with Gasteiger partial charge in [-0.15, -0.1) is 0 Å². The van der Waals surface area contributed by atoms with Gasteiger partial charge in [-0.2, -0.15) is 0 Å². The molecule has 4 nitrogen and oxygen atoms in total. The Labute approximate surface area is 157 Å². The van der Waals surface area contributed by atoms with Crippen LogP contribution >= 0.6 is 25.3 Å². The average molecular weight is 471 g/mol. The zero-order valence-electron chi connectivity index (χ0n) is 14.8. The number of unbranched alkanes of at least 4 members (excludes halogenated alkanes) is 2. The van der Waals surface area contributed by atoms with Gasteiger partial charge in [-0.1, -0.05) is 0 Å². The van der Waals surface area contributed by atoms with Gasteiger partial charge in [0.15, 0.2) is 0 Å². The van der Waals surface area contributed by atoms with Crippen molar-refractivity contribution in [2.45, 2.75) is 62.3 Å². The number of hydrogen-bond donors (Lipinski definition) is 2. The van der Waals surface area contributed by atoms with Gasteiger partial charge >= 0.3 is 158 Å². The van der Waals surface area contributed by atoms with Crippen LogP contribution in [0.3, 0.4) is 0 Å². The first-order valence-corrected chi connectivity index (χ1v) is 17.8. The molecule has 7 heteroatoms. The Morgan fingerprint density at radius 1 is 0.870 bits per heavy atom. The van der Waals surface area contributed by atoms with Crippen LogP contribution < -0.4 is 0 Å². The first kappa shape index (κ1) is 23.4. The summed E-state index contributed by atoms with van der Waals surface area (Å²) in [4.78, 5) is 28.1. The van der Waals surface area contributed by atoms with Gasteiger partial charge in [0.1, 0.15) is 0 Å². The fourth-order valence-corrected chi connectivity index (χ4v) is 6.64. The maximum atomic E-state index is 12.3. The minimum absolute atomic E-state index is 0.214. The standard InChI is InChI=1S/2C7H14O2S.2CH3.Sn/c2*1-2-3-4-6(5-10)7(8)9;;;/h2*6,10H,2-5H2,1H3,(H,8,9);2*1H3;/q;;;;+2/p-2. The van der Waals surface area contributed by atoms with Gasteiger partial charge in [0.05, 0.1) is 0 Å². The summed E-state index contributed by atoms with van der Waals surface area (Å²) in [5.74, 6) is -0.0341. The summed E-state index contributed by atoms with van der Waals surface area (Å²) >= 11 is 4.84. The molecule has 0 fully saturated rings. The molecule has 0 saturated heterocycles. The van der Waals surface area contributed by atoms with Crippen LogP contribution in [0, 0.1) is 11.8 Å². The number of hydrogen-bond acceptors (Lipinski definition) is 6. The molecule has 0 aliphatic heterocycles. The molecule has 0 radical (unpaired) electrons. The number of thiol groups is 2. The summed E-state index contributed by atoms with van der Waals surface area (Å²) in [5.41, 5.74) is 0. The van der Waals surface area contributed by atoms with E-state index < -0.39 is 19.2 Å². The SMILES string of the molecule is CCCCC(CS)C(=O)[O][Sn]([CH3])([CH3])[O]C(=O)C(CS)CCCC. The fraction of sp³-hybridized carbons (Fsp3) is 0.875. The molecule has 0 aromatic heterocycles. The number of carbonyl (C=O) groups is 2. The van der Waals surface area contributed by atoms with Gasteiger partial charge in [-0.25, -0.2) is 0 Å². The molecule has 0 saturated carbocycles. The second kappa shape index (κ2) is 12.8. The molecule has 0 rings (SSSR count). The van der Waals surface area contributed by atoms with Gasteiger partial charge in [0.2, 0.25) is 0 Å². The molecule has 0 heterocycles. The third-order valence-electron chi connectivity index (χ3n) is 3.61. The van der Waals surface area contributed by atoms with Crippen LogP contribution in [0.4, 0.5) is 0 Å². The summed E-state index contributed by atoms with van der Waals surface area (Å²) in [7, 11) is 0.